The van der Waals surface area contributed by atoms with Crippen molar-refractivity contribution >= 4 is 29.2 Å². The predicted octanol–water partition coefficient (Wildman–Crippen LogP) is 3.62. The van der Waals surface area contributed by atoms with Gasteiger partial charge in [0.2, 0.25) is 11.8 Å². The first-order chi connectivity index (χ1) is 15.0. The van der Waals surface area contributed by atoms with Gasteiger partial charge in [0.05, 0.1) is 12.0 Å². The molecule has 7 nitrogen and oxygen atoms in total. The minimum atomic E-state index is -0.479. The molecule has 0 bridgehead atoms. The molecular formula is C23H29ClN4O3. The maximum Gasteiger partial charge on any atom is 0.239 e. The molecule has 2 amide bonds. The van der Waals surface area contributed by atoms with E-state index < -0.39 is 5.41 Å². The van der Waals surface area contributed by atoms with E-state index in [1.807, 2.05) is 29.2 Å². The van der Waals surface area contributed by atoms with Crippen LogP contribution in [0.3, 0.4) is 0 Å². The third-order valence-electron chi connectivity index (χ3n) is 6.42. The second-order valence-electron chi connectivity index (χ2n) is 8.59. The average Bonchev–Trinajstić information content (AvgIpc) is 3.18. The van der Waals surface area contributed by atoms with Gasteiger partial charge in [0.1, 0.15) is 5.76 Å². The Morgan fingerprint density at radius 2 is 1.87 bits per heavy atom. The number of piperazine rings is 1. The molecule has 0 radical (unpaired) electrons. The molecule has 0 spiro atoms. The van der Waals surface area contributed by atoms with E-state index >= 15 is 0 Å². The summed E-state index contributed by atoms with van der Waals surface area (Å²) in [6, 6.07) is 9.48. The molecule has 1 saturated heterocycles. The second kappa shape index (κ2) is 9.40. The fourth-order valence-electron chi connectivity index (χ4n) is 4.79. The van der Waals surface area contributed by atoms with Crippen LogP contribution in [0.5, 0.6) is 0 Å². The van der Waals surface area contributed by atoms with Gasteiger partial charge in [-0.15, -0.1) is 0 Å². The van der Waals surface area contributed by atoms with Crippen molar-refractivity contribution in [2.45, 2.75) is 44.4 Å². The highest BCUT2D eigenvalue weighted by atomic mass is 35.5. The Kier molecular flexibility index (Phi) is 6.62. The third-order valence-corrected chi connectivity index (χ3v) is 6.65. The molecule has 2 aliphatic rings. The number of anilines is 1. The lowest BCUT2D eigenvalue weighted by atomic mass is 9.68. The number of rotatable bonds is 5. The van der Waals surface area contributed by atoms with Gasteiger partial charge in [0.15, 0.2) is 5.82 Å². The summed E-state index contributed by atoms with van der Waals surface area (Å²) in [6.45, 7) is 4.63. The highest BCUT2D eigenvalue weighted by Crippen LogP contribution is 2.42. The third kappa shape index (κ3) is 4.93. The zero-order chi connectivity index (χ0) is 21.8. The van der Waals surface area contributed by atoms with Crippen LogP contribution in [0.4, 0.5) is 5.82 Å². The van der Waals surface area contributed by atoms with Crippen LogP contribution in [0.15, 0.2) is 34.9 Å². The monoisotopic (exact) mass is 444 g/mol. The van der Waals surface area contributed by atoms with Gasteiger partial charge < -0.3 is 14.7 Å². The molecule has 2 aromatic rings. The maximum absolute atomic E-state index is 13.7. The molecule has 2 heterocycles. The van der Waals surface area contributed by atoms with E-state index in [-0.39, 0.29) is 18.4 Å². The van der Waals surface area contributed by atoms with Crippen molar-refractivity contribution in [1.29, 1.82) is 0 Å². The summed E-state index contributed by atoms with van der Waals surface area (Å²) in [6.07, 6.45) is 5.02. The second-order valence-corrected chi connectivity index (χ2v) is 9.03. The lowest BCUT2D eigenvalue weighted by Gasteiger charge is -2.43. The summed E-state index contributed by atoms with van der Waals surface area (Å²) in [5.41, 5.74) is 0.558. The number of aryl methyl sites for hydroxylation is 1. The van der Waals surface area contributed by atoms with Crippen LogP contribution in [0.25, 0.3) is 0 Å². The summed E-state index contributed by atoms with van der Waals surface area (Å²) < 4.78 is 4.98. The number of halogens is 1. The van der Waals surface area contributed by atoms with E-state index in [9.17, 15) is 9.59 Å². The van der Waals surface area contributed by atoms with Crippen LogP contribution in [-0.2, 0) is 15.0 Å². The number of nitrogens with one attached hydrogen (secondary N) is 1. The van der Waals surface area contributed by atoms with E-state index in [0.717, 1.165) is 31.2 Å². The molecule has 1 saturated carbocycles. The minimum Gasteiger partial charge on any atom is -0.360 e. The SMILES string of the molecule is Cc1cc(NC(=O)CN2CCN(C(=O)C3(c4cccc(Cl)c4)CCCCC3)CC2)no1. The molecule has 2 fully saturated rings. The number of aromatic nitrogens is 1. The first-order valence-corrected chi connectivity index (χ1v) is 11.3. The van der Waals surface area contributed by atoms with E-state index in [2.05, 4.69) is 15.4 Å². The van der Waals surface area contributed by atoms with Crippen molar-refractivity contribution < 1.29 is 14.1 Å². The molecular weight excluding hydrogens is 416 g/mol. The molecule has 4 rings (SSSR count). The molecule has 1 aliphatic carbocycles. The standard InChI is InChI=1S/C23H29ClN4O3/c1-17-14-20(26-31-17)25-21(29)16-27-10-12-28(13-11-27)22(30)23(8-3-2-4-9-23)18-6-5-7-19(24)15-18/h5-7,14-15H,2-4,8-13,16H2,1H3,(H,25,26,29). The predicted molar refractivity (Wildman–Crippen MR) is 119 cm³/mol. The average molecular weight is 445 g/mol. The first kappa shape index (κ1) is 21.8. The smallest absolute Gasteiger partial charge is 0.239 e. The molecule has 1 aliphatic heterocycles. The Morgan fingerprint density at radius 1 is 1.13 bits per heavy atom. The number of carbonyl (C=O) groups is 2. The van der Waals surface area contributed by atoms with Gasteiger partial charge in [-0.25, -0.2) is 0 Å². The number of amides is 2. The summed E-state index contributed by atoms with van der Waals surface area (Å²) in [7, 11) is 0. The van der Waals surface area contributed by atoms with E-state index in [0.29, 0.717) is 42.8 Å². The van der Waals surface area contributed by atoms with Gasteiger partial charge in [-0.1, -0.05) is 48.2 Å². The molecule has 1 aromatic carbocycles. The number of nitrogens with zero attached hydrogens (tertiary/aromatic N) is 3. The summed E-state index contributed by atoms with van der Waals surface area (Å²) in [5, 5.41) is 7.22. The van der Waals surface area contributed by atoms with Crippen LogP contribution in [-0.4, -0.2) is 59.5 Å². The zero-order valence-electron chi connectivity index (χ0n) is 17.9. The summed E-state index contributed by atoms with van der Waals surface area (Å²) >= 11 is 6.26. The highest BCUT2D eigenvalue weighted by molar-refractivity contribution is 6.30. The van der Waals surface area contributed by atoms with Crippen molar-refractivity contribution in [3.63, 3.8) is 0 Å². The molecule has 1 aromatic heterocycles. The summed E-state index contributed by atoms with van der Waals surface area (Å²) in [5.74, 6) is 1.16. The molecule has 1 N–H and O–H groups in total. The topological polar surface area (TPSA) is 78.7 Å². The number of hydrogen-bond donors (Lipinski definition) is 1. The van der Waals surface area contributed by atoms with Crippen molar-refractivity contribution in [2.24, 2.45) is 0 Å². The fraction of sp³-hybridized carbons (Fsp3) is 0.522. The van der Waals surface area contributed by atoms with Gasteiger partial charge >= 0.3 is 0 Å². The Morgan fingerprint density at radius 3 is 2.52 bits per heavy atom. The molecule has 166 valence electrons. The Bertz CT molecular complexity index is 930. The van der Waals surface area contributed by atoms with Gasteiger partial charge in [-0.3, -0.25) is 14.5 Å². The van der Waals surface area contributed by atoms with Crippen LogP contribution in [0.1, 0.15) is 43.4 Å². The minimum absolute atomic E-state index is 0.129. The fourth-order valence-corrected chi connectivity index (χ4v) is 4.98. The van der Waals surface area contributed by atoms with Crippen molar-refractivity contribution in [2.75, 3.05) is 38.0 Å². The quantitative estimate of drug-likeness (QED) is 0.761. The molecule has 0 unspecified atom stereocenters. The van der Waals surface area contributed by atoms with Gasteiger partial charge in [0.25, 0.3) is 0 Å². The highest BCUT2D eigenvalue weighted by Gasteiger charge is 2.44. The van der Waals surface area contributed by atoms with Gasteiger partial charge in [-0.2, -0.15) is 0 Å². The van der Waals surface area contributed by atoms with Crippen LogP contribution in [0.2, 0.25) is 5.02 Å². The lowest BCUT2D eigenvalue weighted by molar-refractivity contribution is -0.140. The van der Waals surface area contributed by atoms with Crippen LogP contribution < -0.4 is 5.32 Å². The first-order valence-electron chi connectivity index (χ1n) is 11.0. The normalized spacial score (nSPS) is 19.2. The Labute approximate surface area is 187 Å². The maximum atomic E-state index is 13.7. The van der Waals surface area contributed by atoms with Gasteiger partial charge in [-0.05, 0) is 37.5 Å². The van der Waals surface area contributed by atoms with E-state index in [1.165, 1.54) is 6.42 Å². The molecule has 0 atom stereocenters. The van der Waals surface area contributed by atoms with Crippen LogP contribution in [0, 0.1) is 6.92 Å². The van der Waals surface area contributed by atoms with Crippen molar-refractivity contribution in [3.8, 4) is 0 Å². The van der Waals surface area contributed by atoms with Gasteiger partial charge in [0, 0.05) is 37.3 Å². The largest absolute Gasteiger partial charge is 0.360 e. The number of carbonyl (C=O) groups excluding carboxylic acids is 2. The Balaban J connectivity index is 1.37. The summed E-state index contributed by atoms with van der Waals surface area (Å²) in [4.78, 5) is 30.1. The molecule has 31 heavy (non-hydrogen) atoms. The number of benzene rings is 1. The zero-order valence-corrected chi connectivity index (χ0v) is 18.7. The lowest BCUT2D eigenvalue weighted by Crippen LogP contribution is -2.55. The van der Waals surface area contributed by atoms with E-state index in [1.54, 1.807) is 13.0 Å². The van der Waals surface area contributed by atoms with Crippen LogP contribution >= 0.6 is 11.6 Å². The Hall–Kier alpha value is -2.38. The van der Waals surface area contributed by atoms with Crippen molar-refractivity contribution in [3.05, 3.63) is 46.7 Å². The molecule has 8 heteroatoms. The van der Waals surface area contributed by atoms with E-state index in [4.69, 9.17) is 16.1 Å². The number of hydrogen-bond acceptors (Lipinski definition) is 5. The van der Waals surface area contributed by atoms with Crippen molar-refractivity contribution in [1.82, 2.24) is 15.0 Å².